The summed E-state index contributed by atoms with van der Waals surface area (Å²) < 4.78 is 0. The van der Waals surface area contributed by atoms with Gasteiger partial charge in [-0.05, 0) is 286 Å². The molecule has 1 radical (unpaired) electrons. The Morgan fingerprint density at radius 2 is 0.836 bits per heavy atom. The molecule has 0 unspecified atom stereocenters. The van der Waals surface area contributed by atoms with Crippen LogP contribution in [-0.4, -0.2) is 63.7 Å². The first-order valence-corrected chi connectivity index (χ1v) is 31.2. The smallest absolute Gasteiger partial charge is 0.136 e. The molecule has 73 heavy (non-hydrogen) atoms. The number of aliphatic hydroxyl groups excluding tert-OH is 4. The number of rotatable bonds is 6. The van der Waals surface area contributed by atoms with Crippen molar-refractivity contribution in [2.75, 3.05) is 19.8 Å². The van der Waals surface area contributed by atoms with Crippen molar-refractivity contribution in [2.24, 2.45) is 133 Å². The van der Waals surface area contributed by atoms with Gasteiger partial charge in [0.25, 0.3) is 0 Å². The quantitative estimate of drug-likeness (QED) is 0.195. The minimum atomic E-state index is -0.229. The molecule has 12 rings (SSSR count). The summed E-state index contributed by atoms with van der Waals surface area (Å²) in [6.45, 7) is 20.7. The van der Waals surface area contributed by atoms with Crippen LogP contribution in [0.4, 0.5) is 0 Å². The van der Waals surface area contributed by atoms with E-state index in [1.54, 1.807) is 6.92 Å². The fourth-order valence-corrected chi connectivity index (χ4v) is 24.3. The first-order valence-electron chi connectivity index (χ1n) is 31.2. The summed E-state index contributed by atoms with van der Waals surface area (Å²) in [4.78, 5) is 38.1. The largest absolute Gasteiger partial charge is 0.396 e. The van der Waals surface area contributed by atoms with Gasteiger partial charge in [0, 0.05) is 68.8 Å². The SMILES string of the molecule is CC(=O)[C@]12CC[C@H]3[C@@H](CC[C@H]4C[C@H](C)CC[C@@]43C)[C@@H]1CC[C@@H]2CO.CC(=O)[C@]12CC[C@H]3[C@@H](CC[C@H]4C[C@H](O)CC[C@@]43C)[C@@H]1CC[C@@H]2CO.[CH2-][C@H]1CC[C@H]2[C@@H]3CC[C@H]4C[C@H](CO)CC[C@]4(C)[C@H]3CC[C@]12C(C)=O.[Y]. The Morgan fingerprint density at radius 3 is 1.29 bits per heavy atom. The zero-order valence-corrected chi connectivity index (χ0v) is 50.2. The normalized spacial score (nSPS) is 53.1. The summed E-state index contributed by atoms with van der Waals surface area (Å²) in [6, 6.07) is 0. The Morgan fingerprint density at radius 1 is 0.438 bits per heavy atom. The zero-order chi connectivity index (χ0) is 51.3. The van der Waals surface area contributed by atoms with Crippen molar-refractivity contribution >= 4 is 17.3 Å². The minimum absolute atomic E-state index is 0. The fraction of sp³-hybridized carbons (Fsp3) is 0.938. The molecule has 0 aromatic heterocycles. The summed E-state index contributed by atoms with van der Waals surface area (Å²) in [6.07, 6.45) is 32.4. The predicted molar refractivity (Wildman–Crippen MR) is 286 cm³/mol. The molecule has 411 valence electrons. The van der Waals surface area contributed by atoms with Crippen LogP contribution in [0, 0.1) is 140 Å². The van der Waals surface area contributed by atoms with Crippen LogP contribution in [0.25, 0.3) is 0 Å². The third-order valence-electron chi connectivity index (χ3n) is 28.1. The molecule has 12 saturated carbocycles. The molecule has 0 aromatic carbocycles. The van der Waals surface area contributed by atoms with Crippen LogP contribution in [0.2, 0.25) is 0 Å². The van der Waals surface area contributed by atoms with Crippen molar-refractivity contribution in [3.05, 3.63) is 6.92 Å². The van der Waals surface area contributed by atoms with Gasteiger partial charge in [0.05, 0.1) is 6.10 Å². The van der Waals surface area contributed by atoms with Gasteiger partial charge in [0.1, 0.15) is 17.3 Å². The van der Waals surface area contributed by atoms with Crippen LogP contribution in [0.3, 0.4) is 0 Å². The number of hydrogen-bond acceptors (Lipinski definition) is 7. The molecular formula is C65H105O7Y-. The van der Waals surface area contributed by atoms with Crippen molar-refractivity contribution < 1.29 is 67.5 Å². The van der Waals surface area contributed by atoms with Gasteiger partial charge in [-0.25, -0.2) is 0 Å². The standard InChI is InChI=1S/C22H35O2.C22H36O2.C21H34O3.Y/c1-14-4-7-20-18-6-5-17-12-16(13-23)8-10-21(17,3)19(18)9-11-22(14,20)15(2)24;1-14-8-10-21(3)16(12-14)4-6-18-19(21)9-11-22(15(2)24)17(13-23)5-7-20(18)22;1-13(23)21-10-8-18-17(19(21)6-4-15(21)12-22)5-3-14-11-16(24)7-9-20(14,18)2;/h14,16-20,23H,1,4-13H2,2-3H3;14,16-20,23H,4-13H2,1-3H3;14-19,22,24H,3-12H2,1-2H3;/q-1;;;/t14-,16+,17-,18+,19-,20-,21-,22+;14-,16+,17-,18-,19+,20+,21+,22+;14-,15+,16+,17+,18-,19-,20-,21-;/m010./s1. The van der Waals surface area contributed by atoms with E-state index in [0.29, 0.717) is 81.6 Å². The molecule has 0 aromatic rings. The van der Waals surface area contributed by atoms with Gasteiger partial charge in [0.15, 0.2) is 0 Å². The third kappa shape index (κ3) is 8.99. The van der Waals surface area contributed by atoms with Crippen LogP contribution in [0.1, 0.15) is 222 Å². The average Bonchev–Trinajstić information content (AvgIpc) is 4.07. The van der Waals surface area contributed by atoms with E-state index in [2.05, 4.69) is 34.6 Å². The van der Waals surface area contributed by atoms with Crippen molar-refractivity contribution in [3.8, 4) is 0 Å². The molecule has 0 spiro atoms. The number of Topliss-reactive ketones (excluding diaryl/α,β-unsaturated/α-hetero) is 3. The van der Waals surface area contributed by atoms with Gasteiger partial charge in [-0.1, -0.05) is 47.0 Å². The maximum atomic E-state index is 12.7. The molecule has 4 N–H and O–H groups in total. The topological polar surface area (TPSA) is 132 Å². The van der Waals surface area contributed by atoms with Crippen LogP contribution in [-0.2, 0) is 47.1 Å². The maximum absolute atomic E-state index is 12.7. The van der Waals surface area contributed by atoms with Crippen molar-refractivity contribution in [2.45, 2.75) is 228 Å². The number of hydrogen-bond donors (Lipinski definition) is 4. The monoisotopic (exact) mass is 1090 g/mol. The summed E-state index contributed by atoms with van der Waals surface area (Å²) in [7, 11) is 0. The van der Waals surface area contributed by atoms with E-state index >= 15 is 0 Å². The Labute approximate surface area is 469 Å². The van der Waals surface area contributed by atoms with Crippen molar-refractivity contribution in [3.63, 3.8) is 0 Å². The number of ketones is 3. The molecule has 0 aliphatic heterocycles. The van der Waals surface area contributed by atoms with Gasteiger partial charge < -0.3 is 27.3 Å². The van der Waals surface area contributed by atoms with Gasteiger partial charge in [-0.3, -0.25) is 14.4 Å². The van der Waals surface area contributed by atoms with E-state index < -0.39 is 0 Å². The molecular weight excluding hydrogens is 982 g/mol. The second-order valence-corrected chi connectivity index (χ2v) is 29.7. The van der Waals surface area contributed by atoms with Gasteiger partial charge >= 0.3 is 0 Å². The van der Waals surface area contributed by atoms with E-state index in [0.717, 1.165) is 118 Å². The van der Waals surface area contributed by atoms with Crippen LogP contribution >= 0.6 is 0 Å². The van der Waals surface area contributed by atoms with Gasteiger partial charge in [0.2, 0.25) is 0 Å². The molecule has 7 nitrogen and oxygen atoms in total. The summed E-state index contributed by atoms with van der Waals surface area (Å²) in [5, 5.41) is 39.5. The summed E-state index contributed by atoms with van der Waals surface area (Å²) >= 11 is 0. The van der Waals surface area contributed by atoms with Crippen LogP contribution < -0.4 is 0 Å². The maximum Gasteiger partial charge on any atom is 0.136 e. The van der Waals surface area contributed by atoms with E-state index in [-0.39, 0.29) is 80.1 Å². The van der Waals surface area contributed by atoms with Crippen molar-refractivity contribution in [1.29, 1.82) is 0 Å². The molecule has 0 amide bonds. The molecule has 12 fully saturated rings. The minimum Gasteiger partial charge on any atom is -0.396 e. The van der Waals surface area contributed by atoms with Gasteiger partial charge in [-0.15, -0.1) is 0 Å². The molecule has 12 aliphatic rings. The first-order chi connectivity index (χ1) is 34.3. The van der Waals surface area contributed by atoms with Crippen molar-refractivity contribution in [1.82, 2.24) is 0 Å². The molecule has 0 saturated heterocycles. The van der Waals surface area contributed by atoms with Crippen LogP contribution in [0.15, 0.2) is 0 Å². The van der Waals surface area contributed by atoms with E-state index in [1.807, 2.05) is 13.8 Å². The Kier molecular flexibility index (Phi) is 17.2. The number of carbonyl (C=O) groups excluding carboxylic acids is 3. The zero-order valence-electron chi connectivity index (χ0n) is 47.4. The second kappa shape index (κ2) is 21.8. The third-order valence-corrected chi connectivity index (χ3v) is 28.1. The fourth-order valence-electron chi connectivity index (χ4n) is 24.3. The van der Waals surface area contributed by atoms with E-state index in [1.165, 1.54) is 103 Å². The van der Waals surface area contributed by atoms with E-state index in [4.69, 9.17) is 0 Å². The average molecular weight is 1090 g/mol. The second-order valence-electron chi connectivity index (χ2n) is 29.7. The molecule has 24 atom stereocenters. The first kappa shape index (κ1) is 57.6. The predicted octanol–water partition coefficient (Wildman–Crippen LogP) is 13.1. The molecule has 0 heterocycles. The van der Waals surface area contributed by atoms with Gasteiger partial charge in [-0.2, -0.15) is 5.92 Å². The number of carbonyl (C=O) groups is 3. The Bertz CT molecular complexity index is 1900. The molecule has 12 aliphatic carbocycles. The number of fused-ring (bicyclic) bond motifs is 15. The van der Waals surface area contributed by atoms with E-state index in [9.17, 15) is 34.8 Å². The van der Waals surface area contributed by atoms with Crippen LogP contribution in [0.5, 0.6) is 0 Å². The Balaban J connectivity index is 0.000000134. The number of aliphatic hydroxyl groups is 4. The molecule has 0 bridgehead atoms. The summed E-state index contributed by atoms with van der Waals surface area (Å²) in [5.74, 6) is 11.9. The summed E-state index contributed by atoms with van der Waals surface area (Å²) in [5.41, 5.74) is 0.843. The Hall–Kier alpha value is -0.0461. The molecule has 8 heteroatoms.